The van der Waals surface area contributed by atoms with Crippen molar-refractivity contribution < 1.29 is 4.79 Å². The van der Waals surface area contributed by atoms with Gasteiger partial charge in [-0.2, -0.15) is 0 Å². The van der Waals surface area contributed by atoms with E-state index in [2.05, 4.69) is 91.0 Å². The predicted molar refractivity (Wildman–Crippen MR) is 164 cm³/mol. The van der Waals surface area contributed by atoms with Gasteiger partial charge in [0.1, 0.15) is 21.7 Å². The minimum absolute atomic E-state index is 0.192. The molecule has 1 saturated heterocycles. The average molecular weight is 535 g/mol. The summed E-state index contributed by atoms with van der Waals surface area (Å²) >= 11 is 0. The average Bonchev–Trinajstić information content (AvgIpc) is 3.49. The number of carbonyl (C=O) groups excluding carboxylic acids is 1. The molecular weight excluding hydrogens is 494 g/mol. The number of fused-ring (bicyclic) bond motifs is 4. The Morgan fingerprint density at radius 1 is 0.923 bits per heavy atom. The van der Waals surface area contributed by atoms with E-state index in [1.165, 1.54) is 48.9 Å². The smallest absolute Gasteiger partial charge is 0.254 e. The van der Waals surface area contributed by atoms with Gasteiger partial charge in [-0.3, -0.25) is 4.79 Å². The first kappa shape index (κ1) is 24.8. The maximum absolute atomic E-state index is 14.1. The van der Waals surface area contributed by atoms with Gasteiger partial charge in [-0.05, 0) is 87.3 Å². The van der Waals surface area contributed by atoms with Gasteiger partial charge in [0.05, 0.1) is 0 Å². The van der Waals surface area contributed by atoms with Crippen molar-refractivity contribution in [2.75, 3.05) is 45.2 Å². The number of likely N-dealkylation sites (tertiary alicyclic amines) is 1. The quantitative estimate of drug-likeness (QED) is 0.373. The summed E-state index contributed by atoms with van der Waals surface area (Å²) in [5.41, 5.74) is 8.87. The summed E-state index contributed by atoms with van der Waals surface area (Å²) in [6.45, 7) is 11.2. The Hall–Kier alpha value is -3.18. The van der Waals surface area contributed by atoms with Gasteiger partial charge < -0.3 is 9.80 Å². The van der Waals surface area contributed by atoms with Crippen LogP contribution in [0.5, 0.6) is 0 Å². The molecule has 5 heteroatoms. The van der Waals surface area contributed by atoms with E-state index in [4.69, 9.17) is 0 Å². The molecule has 0 saturated carbocycles. The zero-order chi connectivity index (χ0) is 27.1. The Labute approximate surface area is 233 Å². The van der Waals surface area contributed by atoms with E-state index in [0.717, 1.165) is 63.0 Å². The van der Waals surface area contributed by atoms with Gasteiger partial charge in [-0.1, -0.05) is 38.2 Å². The molecule has 7 rings (SSSR count). The first-order valence-electron chi connectivity index (χ1n) is 14.8. The van der Waals surface area contributed by atoms with E-state index < -0.39 is 8.07 Å². The zero-order valence-corrected chi connectivity index (χ0v) is 25.1. The third kappa shape index (κ3) is 3.76. The summed E-state index contributed by atoms with van der Waals surface area (Å²) in [5.74, 6) is 0.889. The van der Waals surface area contributed by atoms with Gasteiger partial charge in [0, 0.05) is 56.0 Å². The normalized spacial score (nSPS) is 19.6. The molecule has 1 fully saturated rings. The van der Waals surface area contributed by atoms with Crippen LogP contribution in [0, 0.1) is 5.92 Å². The lowest BCUT2D eigenvalue weighted by Crippen LogP contribution is -2.64. The van der Waals surface area contributed by atoms with E-state index in [-0.39, 0.29) is 5.91 Å². The maximum Gasteiger partial charge on any atom is 0.254 e. The van der Waals surface area contributed by atoms with Crippen molar-refractivity contribution in [2.45, 2.75) is 45.7 Å². The molecule has 0 bridgehead atoms. The molecule has 200 valence electrons. The third-order valence-corrected chi connectivity index (χ3v) is 13.6. The second-order valence-corrected chi connectivity index (χ2v) is 17.2. The Kier molecular flexibility index (Phi) is 5.68. The van der Waals surface area contributed by atoms with E-state index in [9.17, 15) is 4.79 Å². The van der Waals surface area contributed by atoms with Gasteiger partial charge in [-0.15, -0.1) is 0 Å². The highest BCUT2D eigenvalue weighted by Crippen LogP contribution is 2.34. The molecule has 3 aromatic rings. The van der Waals surface area contributed by atoms with Gasteiger partial charge >= 0.3 is 0 Å². The van der Waals surface area contributed by atoms with Gasteiger partial charge in [0.25, 0.3) is 5.91 Å². The van der Waals surface area contributed by atoms with Crippen molar-refractivity contribution in [1.29, 1.82) is 0 Å². The minimum atomic E-state index is -2.01. The lowest BCUT2D eigenvalue weighted by atomic mass is 9.88. The van der Waals surface area contributed by atoms with Crippen molar-refractivity contribution in [3.8, 4) is 0 Å². The number of carbonyl (C=O) groups is 1. The fourth-order valence-electron chi connectivity index (χ4n) is 7.49. The molecule has 4 nitrogen and oxygen atoms in total. The molecule has 0 atom stereocenters. The second kappa shape index (κ2) is 8.92. The van der Waals surface area contributed by atoms with Gasteiger partial charge in [-0.25, -0.2) is 4.58 Å². The van der Waals surface area contributed by atoms with E-state index in [1.54, 1.807) is 0 Å². The highest BCUT2D eigenvalue weighted by atomic mass is 28.3. The monoisotopic (exact) mass is 534 g/mol. The Balaban J connectivity index is 1.53. The molecule has 0 N–H and O–H groups in total. The first-order valence-corrected chi connectivity index (χ1v) is 17.8. The van der Waals surface area contributed by atoms with E-state index >= 15 is 0 Å². The molecule has 4 heterocycles. The number of benzene rings is 3. The number of piperidine rings is 1. The summed E-state index contributed by atoms with van der Waals surface area (Å²) in [6, 6.07) is 18.5. The topological polar surface area (TPSA) is 26.6 Å². The molecule has 4 aliphatic rings. The molecule has 0 spiro atoms. The Bertz CT molecular complexity index is 1660. The zero-order valence-electron chi connectivity index (χ0n) is 24.1. The molecule has 0 radical (unpaired) electrons. The molecule has 0 aliphatic carbocycles. The summed E-state index contributed by atoms with van der Waals surface area (Å²) in [4.78, 5) is 18.6. The summed E-state index contributed by atoms with van der Waals surface area (Å²) in [7, 11) is 2.45. The van der Waals surface area contributed by atoms with Crippen LogP contribution >= 0.6 is 0 Å². The van der Waals surface area contributed by atoms with Crippen LogP contribution in [0.3, 0.4) is 0 Å². The van der Waals surface area contributed by atoms with Gasteiger partial charge in [0.2, 0.25) is 5.36 Å². The van der Waals surface area contributed by atoms with Crippen LogP contribution in [0.2, 0.25) is 13.1 Å². The van der Waals surface area contributed by atoms with Gasteiger partial charge in [0.15, 0.2) is 0 Å². The molecule has 39 heavy (non-hydrogen) atoms. The Morgan fingerprint density at radius 3 is 2.49 bits per heavy atom. The highest BCUT2D eigenvalue weighted by Gasteiger charge is 2.39. The van der Waals surface area contributed by atoms with Crippen molar-refractivity contribution in [1.82, 2.24) is 9.48 Å². The molecular formula is C34H40N3OSi+. The minimum Gasteiger partial charge on any atom is -0.374 e. The molecule has 0 unspecified atom stereocenters. The predicted octanol–water partition coefficient (Wildman–Crippen LogP) is 2.61. The largest absolute Gasteiger partial charge is 0.374 e. The third-order valence-electron chi connectivity index (χ3n) is 10.1. The second-order valence-electron chi connectivity index (χ2n) is 12.9. The van der Waals surface area contributed by atoms with Crippen molar-refractivity contribution in [2.24, 2.45) is 5.92 Å². The number of rotatable bonds is 2. The summed E-state index contributed by atoms with van der Waals surface area (Å²) in [6.07, 6.45) is 4.36. The fourth-order valence-corrected chi connectivity index (χ4v) is 10.5. The van der Waals surface area contributed by atoms with Crippen LogP contribution < -0.4 is 30.4 Å². The van der Waals surface area contributed by atoms with Crippen LogP contribution in [0.15, 0.2) is 48.5 Å². The number of amides is 1. The van der Waals surface area contributed by atoms with Crippen LogP contribution in [0.25, 0.3) is 5.57 Å². The SMILES string of the molecule is CC1CCN(C(=O)c2ccccc2C2=c3cc4c(cc3[Si](C)(C)c3cc5c(cc32)CCN5C)=[N+](C)CC4)CC1. The number of anilines is 1. The maximum atomic E-state index is 14.1. The molecule has 0 aromatic heterocycles. The lowest BCUT2D eigenvalue weighted by Gasteiger charge is -2.35. The Morgan fingerprint density at radius 2 is 1.69 bits per heavy atom. The molecule has 3 aromatic carbocycles. The van der Waals surface area contributed by atoms with Crippen LogP contribution in [-0.4, -0.2) is 59.2 Å². The first-order chi connectivity index (χ1) is 18.7. The number of likely N-dealkylation sites (N-methyl/N-ethyl adjacent to an activating group) is 2. The number of nitrogens with zero attached hydrogens (tertiary/aromatic N) is 3. The lowest BCUT2D eigenvalue weighted by molar-refractivity contribution is 0.0697. The highest BCUT2D eigenvalue weighted by molar-refractivity contribution is 7.01. The molecule has 1 amide bonds. The van der Waals surface area contributed by atoms with Crippen LogP contribution in [0.4, 0.5) is 5.69 Å². The van der Waals surface area contributed by atoms with Crippen molar-refractivity contribution >= 4 is 35.6 Å². The van der Waals surface area contributed by atoms with Crippen molar-refractivity contribution in [3.05, 3.63) is 86.9 Å². The summed E-state index contributed by atoms with van der Waals surface area (Å²) < 4.78 is 2.42. The van der Waals surface area contributed by atoms with Crippen molar-refractivity contribution in [3.63, 3.8) is 0 Å². The van der Waals surface area contributed by atoms with E-state index in [1.807, 2.05) is 6.07 Å². The van der Waals surface area contributed by atoms with Crippen LogP contribution in [0.1, 0.15) is 52.4 Å². The molecule has 4 aliphatic heterocycles. The number of hydrogen-bond acceptors (Lipinski definition) is 2. The van der Waals surface area contributed by atoms with E-state index in [0.29, 0.717) is 5.92 Å². The fraction of sp³-hybridized carbons (Fsp3) is 0.412. The standard InChI is InChI=1S/C34H40N3OSi/c1-22-10-16-37(17-11-22)34(38)26-9-7-6-8-25(26)33-27-18-23-12-14-35(2)29(23)20-31(27)39(4,5)32-21-30-24(19-28(32)33)13-15-36(30)3/h6-9,18-22H,10-17H2,1-5H3/q+1. The van der Waals surface area contributed by atoms with Crippen LogP contribution in [-0.2, 0) is 12.8 Å². The number of hydrogen-bond donors (Lipinski definition) is 0. The summed E-state index contributed by atoms with van der Waals surface area (Å²) in [5, 5.41) is 5.77.